The Labute approximate surface area is 205 Å². The smallest absolute Gasteiger partial charge is 0.270 e. The third-order valence-electron chi connectivity index (χ3n) is 5.48. The van der Waals surface area contributed by atoms with Crippen molar-refractivity contribution < 1.29 is 25.9 Å². The molecule has 1 fully saturated rings. The minimum Gasteiger partial charge on any atom is -0.368 e. The second-order valence-electron chi connectivity index (χ2n) is 8.00. The summed E-state index contributed by atoms with van der Waals surface area (Å²) in [6.45, 7) is 3.41. The van der Waals surface area contributed by atoms with E-state index in [1.165, 1.54) is 16.4 Å². The number of sulfonamides is 1. The Bertz CT molecular complexity index is 1230. The van der Waals surface area contributed by atoms with Gasteiger partial charge in [0.15, 0.2) is 0 Å². The lowest BCUT2D eigenvalue weighted by molar-refractivity contribution is -0.385. The Kier molecular flexibility index (Phi) is 8.64. The summed E-state index contributed by atoms with van der Waals surface area (Å²) in [6, 6.07) is 9.21. The first kappa shape index (κ1) is 26.8. The average molecular weight is 528 g/mol. The summed E-state index contributed by atoms with van der Waals surface area (Å²) in [4.78, 5) is 18.6. The second kappa shape index (κ2) is 11.3. The first-order chi connectivity index (χ1) is 16.5. The van der Waals surface area contributed by atoms with Crippen molar-refractivity contribution in [2.75, 3.05) is 61.9 Å². The van der Waals surface area contributed by atoms with Crippen molar-refractivity contribution in [1.29, 1.82) is 0 Å². The fourth-order valence-corrected chi connectivity index (χ4v) is 5.87. The largest absolute Gasteiger partial charge is 0.368 e. The summed E-state index contributed by atoms with van der Waals surface area (Å²) in [5, 5.41) is 11.4. The molecule has 3 rings (SSSR count). The van der Waals surface area contributed by atoms with E-state index in [1.807, 2.05) is 24.0 Å². The predicted molar refractivity (Wildman–Crippen MR) is 132 cm³/mol. The van der Waals surface area contributed by atoms with E-state index in [0.717, 1.165) is 18.1 Å². The number of non-ortho nitro benzene ring substituents is 1. The van der Waals surface area contributed by atoms with Crippen molar-refractivity contribution in [3.05, 3.63) is 52.7 Å². The van der Waals surface area contributed by atoms with Crippen molar-refractivity contribution in [3.63, 3.8) is 0 Å². The first-order valence-electron chi connectivity index (χ1n) is 11.1. The van der Waals surface area contributed by atoms with Gasteiger partial charge in [-0.3, -0.25) is 14.3 Å². The Morgan fingerprint density at radius 1 is 1.09 bits per heavy atom. The second-order valence-corrected chi connectivity index (χ2v) is 11.6. The zero-order valence-corrected chi connectivity index (χ0v) is 21.2. The van der Waals surface area contributed by atoms with Gasteiger partial charge in [-0.2, -0.15) is 12.7 Å². The number of nitrogens with zero attached hydrogens (tertiary/aromatic N) is 5. The standard InChI is InChI=1S/C21H29N5O7S2/c1-3-10-23(15-16-33-34(2,29)30)19-8-7-18(26(27)28)17-20(19)35(31,32)25-13-11-24(12-14-25)21-6-4-5-9-22-21/h4-9,17H,3,10-16H2,1-2H3. The van der Waals surface area contributed by atoms with E-state index in [2.05, 4.69) is 4.98 Å². The molecule has 2 aromatic rings. The van der Waals surface area contributed by atoms with Gasteiger partial charge in [-0.15, -0.1) is 0 Å². The number of anilines is 2. The van der Waals surface area contributed by atoms with E-state index in [-0.39, 0.29) is 42.5 Å². The third-order valence-corrected chi connectivity index (χ3v) is 8.00. The number of benzene rings is 1. The molecule has 35 heavy (non-hydrogen) atoms. The maximum absolute atomic E-state index is 13.7. The minimum absolute atomic E-state index is 0.0920. The van der Waals surface area contributed by atoms with Crippen LogP contribution in [0.1, 0.15) is 13.3 Å². The molecule has 0 atom stereocenters. The number of hydrogen-bond acceptors (Lipinski definition) is 10. The third kappa shape index (κ3) is 6.87. The topological polar surface area (TPSA) is 143 Å². The molecule has 1 saturated heterocycles. The summed E-state index contributed by atoms with van der Waals surface area (Å²) < 4.78 is 56.2. The van der Waals surface area contributed by atoms with Gasteiger partial charge in [-0.25, -0.2) is 13.4 Å². The van der Waals surface area contributed by atoms with Gasteiger partial charge in [0.25, 0.3) is 15.8 Å². The summed E-state index contributed by atoms with van der Waals surface area (Å²) in [6.07, 6.45) is 3.24. The molecule has 0 amide bonds. The molecule has 2 heterocycles. The Morgan fingerprint density at radius 2 is 1.80 bits per heavy atom. The van der Waals surface area contributed by atoms with E-state index >= 15 is 0 Å². The molecular weight excluding hydrogens is 498 g/mol. The van der Waals surface area contributed by atoms with Gasteiger partial charge in [0.2, 0.25) is 10.0 Å². The van der Waals surface area contributed by atoms with E-state index in [9.17, 15) is 26.9 Å². The van der Waals surface area contributed by atoms with Gasteiger partial charge in [-0.1, -0.05) is 13.0 Å². The monoisotopic (exact) mass is 527 g/mol. The molecule has 0 saturated carbocycles. The van der Waals surface area contributed by atoms with Crippen LogP contribution in [-0.2, 0) is 24.3 Å². The highest BCUT2D eigenvalue weighted by molar-refractivity contribution is 7.89. The van der Waals surface area contributed by atoms with Crippen molar-refractivity contribution in [2.45, 2.75) is 18.2 Å². The van der Waals surface area contributed by atoms with Crippen LogP contribution in [0.25, 0.3) is 0 Å². The molecule has 1 aromatic heterocycles. The Balaban J connectivity index is 1.90. The van der Waals surface area contributed by atoms with Crippen LogP contribution in [0.5, 0.6) is 0 Å². The molecule has 14 heteroatoms. The van der Waals surface area contributed by atoms with E-state index in [0.29, 0.717) is 26.1 Å². The van der Waals surface area contributed by atoms with E-state index in [1.54, 1.807) is 17.2 Å². The van der Waals surface area contributed by atoms with Gasteiger partial charge in [0.1, 0.15) is 10.7 Å². The molecule has 1 aliphatic heterocycles. The quantitative estimate of drug-likeness (QED) is 0.241. The molecule has 0 radical (unpaired) electrons. The maximum atomic E-state index is 13.7. The number of nitro groups is 1. The van der Waals surface area contributed by atoms with Crippen LogP contribution < -0.4 is 9.80 Å². The number of piperazine rings is 1. The normalized spacial score (nSPS) is 15.2. The number of nitro benzene ring substituents is 1. The SMILES string of the molecule is CCCN(CCOS(C)(=O)=O)c1ccc([N+](=O)[O-])cc1S(=O)(=O)N1CCN(c2ccccn2)CC1. The molecule has 12 nitrogen and oxygen atoms in total. The van der Waals surface area contributed by atoms with Crippen molar-refractivity contribution >= 4 is 37.3 Å². The zero-order valence-electron chi connectivity index (χ0n) is 19.6. The number of aromatic nitrogens is 1. The highest BCUT2D eigenvalue weighted by atomic mass is 32.2. The van der Waals surface area contributed by atoms with Crippen molar-refractivity contribution in [2.24, 2.45) is 0 Å². The van der Waals surface area contributed by atoms with Crippen molar-refractivity contribution in [3.8, 4) is 0 Å². The molecule has 0 aliphatic carbocycles. The van der Waals surface area contributed by atoms with Crippen LogP contribution in [0.2, 0.25) is 0 Å². The minimum atomic E-state index is -4.09. The molecule has 0 bridgehead atoms. The zero-order chi connectivity index (χ0) is 25.6. The molecule has 1 aromatic carbocycles. The van der Waals surface area contributed by atoms with E-state index in [4.69, 9.17) is 4.18 Å². The maximum Gasteiger partial charge on any atom is 0.270 e. The van der Waals surface area contributed by atoms with Crippen LogP contribution >= 0.6 is 0 Å². The molecule has 1 aliphatic rings. The van der Waals surface area contributed by atoms with Gasteiger partial charge in [0, 0.05) is 57.6 Å². The van der Waals surface area contributed by atoms with Gasteiger partial charge >= 0.3 is 0 Å². The molecule has 0 N–H and O–H groups in total. The first-order valence-corrected chi connectivity index (χ1v) is 14.3. The summed E-state index contributed by atoms with van der Waals surface area (Å²) in [7, 11) is -7.76. The summed E-state index contributed by atoms with van der Waals surface area (Å²) in [5.41, 5.74) is -0.0787. The lowest BCUT2D eigenvalue weighted by Gasteiger charge is -2.35. The summed E-state index contributed by atoms with van der Waals surface area (Å²) in [5.74, 6) is 0.751. The summed E-state index contributed by atoms with van der Waals surface area (Å²) >= 11 is 0. The molecular formula is C21H29N5O7S2. The molecule has 0 spiro atoms. The Morgan fingerprint density at radius 3 is 2.37 bits per heavy atom. The number of hydrogen-bond donors (Lipinski definition) is 0. The number of pyridine rings is 1. The molecule has 192 valence electrons. The van der Waals surface area contributed by atoms with Gasteiger partial charge in [-0.05, 0) is 24.6 Å². The lowest BCUT2D eigenvalue weighted by atomic mass is 10.2. The van der Waals surface area contributed by atoms with Crippen LogP contribution in [-0.4, -0.2) is 83.2 Å². The van der Waals surface area contributed by atoms with Crippen LogP contribution in [0.4, 0.5) is 17.2 Å². The van der Waals surface area contributed by atoms with Crippen molar-refractivity contribution in [1.82, 2.24) is 9.29 Å². The predicted octanol–water partition coefficient (Wildman–Crippen LogP) is 1.69. The number of rotatable bonds is 11. The van der Waals surface area contributed by atoms with Crippen LogP contribution in [0, 0.1) is 10.1 Å². The average Bonchev–Trinajstić information content (AvgIpc) is 2.83. The highest BCUT2D eigenvalue weighted by Gasteiger charge is 2.33. The fourth-order valence-electron chi connectivity index (χ4n) is 3.84. The molecule has 0 unspecified atom stereocenters. The van der Waals surface area contributed by atoms with Crippen LogP contribution in [0.15, 0.2) is 47.5 Å². The highest BCUT2D eigenvalue weighted by Crippen LogP contribution is 2.32. The van der Waals surface area contributed by atoms with Gasteiger partial charge in [0.05, 0.1) is 23.5 Å². The Hall–Kier alpha value is -2.81. The lowest BCUT2D eigenvalue weighted by Crippen LogP contribution is -2.49. The fraction of sp³-hybridized carbons (Fsp3) is 0.476. The van der Waals surface area contributed by atoms with E-state index < -0.39 is 25.1 Å². The van der Waals surface area contributed by atoms with Gasteiger partial charge < -0.3 is 9.80 Å². The van der Waals surface area contributed by atoms with Crippen LogP contribution in [0.3, 0.4) is 0 Å².